The Morgan fingerprint density at radius 2 is 1.82 bits per heavy atom. The third kappa shape index (κ3) is 5.84. The third-order valence-electron chi connectivity index (χ3n) is 5.17. The molecule has 0 saturated carbocycles. The molecule has 170 valence electrons. The minimum absolute atomic E-state index is 0.0481. The van der Waals surface area contributed by atoms with Crippen LogP contribution in [0, 0.1) is 6.92 Å². The number of thioether (sulfide) groups is 1. The minimum atomic E-state index is 0.0481. The molecule has 0 aliphatic carbocycles. The van der Waals surface area contributed by atoms with Crippen LogP contribution in [-0.4, -0.2) is 44.5 Å². The number of benzene rings is 2. The lowest BCUT2D eigenvalue weighted by molar-refractivity contribution is -0.118. The molecule has 0 saturated heterocycles. The lowest BCUT2D eigenvalue weighted by atomic mass is 10.1. The molecule has 4 aromatic rings. The first-order chi connectivity index (χ1) is 16.1. The molecule has 7 nitrogen and oxygen atoms in total. The van der Waals surface area contributed by atoms with Crippen LogP contribution in [0.15, 0.2) is 71.8 Å². The highest BCUT2D eigenvalue weighted by Gasteiger charge is 2.12. The number of phenols is 1. The van der Waals surface area contributed by atoms with Gasteiger partial charge in [-0.25, -0.2) is 4.98 Å². The van der Waals surface area contributed by atoms with Crippen LogP contribution in [0.4, 0.5) is 5.82 Å². The van der Waals surface area contributed by atoms with Crippen molar-refractivity contribution in [3.8, 4) is 17.0 Å². The molecular formula is C25H27N5O2S. The van der Waals surface area contributed by atoms with E-state index in [9.17, 15) is 9.90 Å². The number of hydrogen-bond acceptors (Lipinski definition) is 6. The van der Waals surface area contributed by atoms with Gasteiger partial charge < -0.3 is 15.7 Å². The normalized spacial score (nSPS) is 10.9. The second-order valence-corrected chi connectivity index (χ2v) is 8.74. The molecule has 0 radical (unpaired) electrons. The summed E-state index contributed by atoms with van der Waals surface area (Å²) in [5.41, 5.74) is 3.09. The van der Waals surface area contributed by atoms with Gasteiger partial charge in [-0.1, -0.05) is 30.3 Å². The first-order valence-corrected chi connectivity index (χ1v) is 11.9. The van der Waals surface area contributed by atoms with Crippen molar-refractivity contribution in [2.75, 3.05) is 24.2 Å². The van der Waals surface area contributed by atoms with Gasteiger partial charge in [-0.05, 0) is 44.0 Å². The number of amides is 1. The number of aryl methyl sites for hydroxylation is 1. The number of phenolic OH excluding ortho intramolecular Hbond substituents is 1. The highest BCUT2D eigenvalue weighted by molar-refractivity contribution is 8.00. The lowest BCUT2D eigenvalue weighted by Gasteiger charge is -2.12. The van der Waals surface area contributed by atoms with Crippen LogP contribution in [-0.2, 0) is 4.79 Å². The Bertz CT molecular complexity index is 1230. The van der Waals surface area contributed by atoms with E-state index in [4.69, 9.17) is 4.98 Å². The number of anilines is 1. The van der Waals surface area contributed by atoms with Crippen LogP contribution in [0.2, 0.25) is 0 Å². The summed E-state index contributed by atoms with van der Waals surface area (Å²) in [7, 11) is 0. The van der Waals surface area contributed by atoms with Gasteiger partial charge in [0.25, 0.3) is 0 Å². The Morgan fingerprint density at radius 3 is 2.64 bits per heavy atom. The topological polar surface area (TPSA) is 91.5 Å². The van der Waals surface area contributed by atoms with Crippen molar-refractivity contribution in [2.45, 2.75) is 24.7 Å². The van der Waals surface area contributed by atoms with Crippen molar-refractivity contribution < 1.29 is 9.90 Å². The molecule has 1 amide bonds. The van der Waals surface area contributed by atoms with Gasteiger partial charge >= 0.3 is 0 Å². The summed E-state index contributed by atoms with van der Waals surface area (Å²) in [5.74, 6) is 1.48. The molecular weight excluding hydrogens is 434 g/mol. The number of rotatable bonds is 10. The maximum atomic E-state index is 12.0. The van der Waals surface area contributed by atoms with Crippen molar-refractivity contribution in [3.05, 3.63) is 72.4 Å². The van der Waals surface area contributed by atoms with Gasteiger partial charge in [-0.2, -0.15) is 9.61 Å². The Morgan fingerprint density at radius 1 is 1.06 bits per heavy atom. The summed E-state index contributed by atoms with van der Waals surface area (Å²) in [6, 6.07) is 19.0. The Kier molecular flexibility index (Phi) is 7.47. The number of nitrogens with one attached hydrogen (secondary N) is 2. The number of aromatic nitrogens is 3. The van der Waals surface area contributed by atoms with E-state index in [1.807, 2.05) is 55.5 Å². The number of carbonyl (C=O) groups is 1. The zero-order chi connectivity index (χ0) is 23.0. The first-order valence-electron chi connectivity index (χ1n) is 10.9. The molecule has 0 spiro atoms. The molecule has 0 bridgehead atoms. The second-order valence-electron chi connectivity index (χ2n) is 7.69. The van der Waals surface area contributed by atoms with Gasteiger partial charge in [0.2, 0.25) is 5.91 Å². The monoisotopic (exact) mass is 461 g/mol. The largest absolute Gasteiger partial charge is 0.507 e. The number of para-hydroxylation sites is 1. The van der Waals surface area contributed by atoms with Crippen molar-refractivity contribution >= 4 is 29.1 Å². The van der Waals surface area contributed by atoms with E-state index in [0.29, 0.717) is 23.6 Å². The van der Waals surface area contributed by atoms with Gasteiger partial charge in [-0.3, -0.25) is 4.79 Å². The maximum absolute atomic E-state index is 12.0. The number of aromatic hydroxyl groups is 1. The zero-order valence-corrected chi connectivity index (χ0v) is 19.3. The maximum Gasteiger partial charge on any atom is 0.230 e. The summed E-state index contributed by atoms with van der Waals surface area (Å²) < 4.78 is 1.78. The fraction of sp³-hybridized carbons (Fsp3) is 0.240. The average Bonchev–Trinajstić information content (AvgIpc) is 3.21. The van der Waals surface area contributed by atoms with E-state index in [2.05, 4.69) is 15.7 Å². The second kappa shape index (κ2) is 10.9. The summed E-state index contributed by atoms with van der Waals surface area (Å²) in [6.07, 6.45) is 3.54. The molecule has 33 heavy (non-hydrogen) atoms. The fourth-order valence-electron chi connectivity index (χ4n) is 3.44. The number of unbranched alkanes of at least 4 members (excludes halogenated alkanes) is 1. The van der Waals surface area contributed by atoms with E-state index in [1.165, 1.54) is 11.8 Å². The summed E-state index contributed by atoms with van der Waals surface area (Å²) in [4.78, 5) is 17.8. The lowest BCUT2D eigenvalue weighted by Crippen LogP contribution is -2.26. The average molecular weight is 462 g/mol. The fourth-order valence-corrected chi connectivity index (χ4v) is 4.19. The van der Waals surface area contributed by atoms with Crippen molar-refractivity contribution in [1.82, 2.24) is 19.9 Å². The molecule has 0 aliphatic heterocycles. The molecule has 3 N–H and O–H groups in total. The molecule has 0 aliphatic rings. The number of fused-ring (bicyclic) bond motifs is 1. The predicted molar refractivity (Wildman–Crippen MR) is 133 cm³/mol. The van der Waals surface area contributed by atoms with Crippen molar-refractivity contribution in [3.63, 3.8) is 0 Å². The number of hydrogen-bond donors (Lipinski definition) is 3. The van der Waals surface area contributed by atoms with Crippen LogP contribution in [0.5, 0.6) is 5.75 Å². The SMILES string of the molecule is Cc1cnn2c(NCCCCNC(=O)CSc3ccccc3)cc(-c3ccccc3O)nc12. The summed E-state index contributed by atoms with van der Waals surface area (Å²) in [5, 5.41) is 21.1. The van der Waals surface area contributed by atoms with Crippen LogP contribution in [0.25, 0.3) is 16.9 Å². The Balaban J connectivity index is 1.29. The van der Waals surface area contributed by atoms with Crippen molar-refractivity contribution in [1.29, 1.82) is 0 Å². The molecule has 2 heterocycles. The Hall–Kier alpha value is -3.52. The van der Waals surface area contributed by atoms with E-state index in [0.717, 1.165) is 41.3 Å². The van der Waals surface area contributed by atoms with Gasteiger partial charge in [0.15, 0.2) is 5.65 Å². The van der Waals surface area contributed by atoms with Crippen LogP contribution in [0.1, 0.15) is 18.4 Å². The van der Waals surface area contributed by atoms with Gasteiger partial charge in [0, 0.05) is 35.2 Å². The van der Waals surface area contributed by atoms with Gasteiger partial charge in [-0.15, -0.1) is 11.8 Å². The summed E-state index contributed by atoms with van der Waals surface area (Å²) >= 11 is 1.54. The highest BCUT2D eigenvalue weighted by Crippen LogP contribution is 2.30. The molecule has 8 heteroatoms. The van der Waals surface area contributed by atoms with Gasteiger partial charge in [0.05, 0.1) is 17.6 Å². The van der Waals surface area contributed by atoms with Crippen LogP contribution < -0.4 is 10.6 Å². The quantitative estimate of drug-likeness (QED) is 0.238. The number of carbonyl (C=O) groups excluding carboxylic acids is 1. The molecule has 2 aromatic heterocycles. The standard InChI is InChI=1S/C25H27N5O2S/c1-18-16-28-30-23(15-21(29-25(18)30)20-11-5-6-12-22(20)31)26-13-7-8-14-27-24(32)17-33-19-9-3-2-4-10-19/h2-6,9-12,15-16,26,31H,7-8,13-14,17H2,1H3,(H,27,32). The molecule has 0 fully saturated rings. The van der Waals surface area contributed by atoms with E-state index in [1.54, 1.807) is 22.8 Å². The zero-order valence-electron chi connectivity index (χ0n) is 18.5. The van der Waals surface area contributed by atoms with E-state index in [-0.39, 0.29) is 11.7 Å². The van der Waals surface area contributed by atoms with Crippen molar-refractivity contribution in [2.24, 2.45) is 0 Å². The van der Waals surface area contributed by atoms with Crippen LogP contribution >= 0.6 is 11.8 Å². The Labute approximate surface area is 197 Å². The summed E-state index contributed by atoms with van der Waals surface area (Å²) in [6.45, 7) is 3.34. The highest BCUT2D eigenvalue weighted by atomic mass is 32.2. The smallest absolute Gasteiger partial charge is 0.230 e. The van der Waals surface area contributed by atoms with E-state index < -0.39 is 0 Å². The molecule has 4 rings (SSSR count). The molecule has 0 unspecified atom stereocenters. The van der Waals surface area contributed by atoms with E-state index >= 15 is 0 Å². The molecule has 0 atom stereocenters. The molecule has 2 aromatic carbocycles. The number of nitrogens with zero attached hydrogens (tertiary/aromatic N) is 3. The third-order valence-corrected chi connectivity index (χ3v) is 6.19. The first kappa shape index (κ1) is 22.7. The van der Waals surface area contributed by atoms with Gasteiger partial charge in [0.1, 0.15) is 11.6 Å². The minimum Gasteiger partial charge on any atom is -0.507 e. The van der Waals surface area contributed by atoms with Crippen LogP contribution in [0.3, 0.4) is 0 Å². The predicted octanol–water partition coefficient (Wildman–Crippen LogP) is 4.51.